The van der Waals surface area contributed by atoms with Crippen LogP contribution in [-0.2, 0) is 0 Å². The Morgan fingerprint density at radius 2 is 1.62 bits per heavy atom. The Balaban J connectivity index is 4.50. The molecule has 0 rings (SSSR count). The van der Waals surface area contributed by atoms with Gasteiger partial charge < -0.3 is 5.11 Å². The number of allylic oxidation sites excluding steroid dienone is 1. The van der Waals surface area contributed by atoms with Crippen molar-refractivity contribution in [2.45, 2.75) is 40.2 Å². The second-order valence-electron chi connectivity index (χ2n) is 4.95. The van der Waals surface area contributed by atoms with E-state index in [1.54, 1.807) is 6.08 Å². The lowest BCUT2D eigenvalue weighted by Crippen LogP contribution is -2.29. The van der Waals surface area contributed by atoms with Gasteiger partial charge in [-0.15, -0.1) is 6.58 Å². The Labute approximate surface area is 82.2 Å². The predicted octanol–water partition coefficient (Wildman–Crippen LogP) is 3.16. The summed E-state index contributed by atoms with van der Waals surface area (Å²) in [6, 6.07) is 0. The number of rotatable bonds is 3. The summed E-state index contributed by atoms with van der Waals surface area (Å²) in [5.74, 6) is 0.0751. The van der Waals surface area contributed by atoms with Gasteiger partial charge in [0.2, 0.25) is 0 Å². The van der Waals surface area contributed by atoms with Gasteiger partial charge >= 0.3 is 0 Å². The van der Waals surface area contributed by atoms with Crippen LogP contribution in [0.4, 0.5) is 0 Å². The van der Waals surface area contributed by atoms with E-state index < -0.39 is 5.60 Å². The highest BCUT2D eigenvalue weighted by molar-refractivity contribution is 5.08. The third-order valence-electron chi connectivity index (χ3n) is 2.20. The van der Waals surface area contributed by atoms with Gasteiger partial charge in [-0.25, -0.2) is 0 Å². The standard InChI is InChI=1S/C12H22O/c1-7-10(2)12(6,13)9-8-11(3,4)5/h7-10,13H,1H2,2-6H3/b9-8+/t10-,12-/m1/s1. The molecular weight excluding hydrogens is 160 g/mol. The number of aliphatic hydroxyl groups is 1. The van der Waals surface area contributed by atoms with Gasteiger partial charge in [0.25, 0.3) is 0 Å². The molecule has 2 atom stereocenters. The normalized spacial score (nSPS) is 19.8. The van der Waals surface area contributed by atoms with Gasteiger partial charge in [-0.1, -0.05) is 45.9 Å². The van der Waals surface area contributed by atoms with E-state index in [0.717, 1.165) is 0 Å². The Morgan fingerprint density at radius 1 is 1.15 bits per heavy atom. The smallest absolute Gasteiger partial charge is 0.0859 e. The maximum Gasteiger partial charge on any atom is 0.0859 e. The molecule has 0 spiro atoms. The van der Waals surface area contributed by atoms with Crippen LogP contribution in [0.3, 0.4) is 0 Å². The van der Waals surface area contributed by atoms with Crippen molar-refractivity contribution < 1.29 is 5.11 Å². The van der Waals surface area contributed by atoms with Crippen LogP contribution in [-0.4, -0.2) is 10.7 Å². The Hall–Kier alpha value is -0.560. The summed E-state index contributed by atoms with van der Waals surface area (Å²) in [7, 11) is 0. The second kappa shape index (κ2) is 4.10. The highest BCUT2D eigenvalue weighted by atomic mass is 16.3. The number of hydrogen-bond acceptors (Lipinski definition) is 1. The molecule has 13 heavy (non-hydrogen) atoms. The van der Waals surface area contributed by atoms with E-state index in [1.807, 2.05) is 26.0 Å². The second-order valence-corrected chi connectivity index (χ2v) is 4.95. The molecule has 0 amide bonds. The van der Waals surface area contributed by atoms with Crippen LogP contribution in [0.5, 0.6) is 0 Å². The summed E-state index contributed by atoms with van der Waals surface area (Å²) < 4.78 is 0. The molecule has 0 fully saturated rings. The minimum atomic E-state index is -0.783. The molecule has 0 aromatic heterocycles. The van der Waals surface area contributed by atoms with Crippen molar-refractivity contribution in [1.29, 1.82) is 0 Å². The fraction of sp³-hybridized carbons (Fsp3) is 0.667. The SMILES string of the molecule is C=C[C@@H](C)[C@](C)(O)/C=C/C(C)(C)C. The summed E-state index contributed by atoms with van der Waals surface area (Å²) in [6.45, 7) is 13.8. The summed E-state index contributed by atoms with van der Waals surface area (Å²) in [5, 5.41) is 9.99. The van der Waals surface area contributed by atoms with Crippen LogP contribution in [0, 0.1) is 11.3 Å². The topological polar surface area (TPSA) is 20.2 Å². The molecule has 0 aromatic rings. The van der Waals surface area contributed by atoms with Gasteiger partial charge in [0.15, 0.2) is 0 Å². The van der Waals surface area contributed by atoms with Crippen LogP contribution < -0.4 is 0 Å². The van der Waals surface area contributed by atoms with Gasteiger partial charge in [-0.05, 0) is 12.3 Å². The van der Waals surface area contributed by atoms with E-state index in [9.17, 15) is 5.11 Å². The molecule has 0 radical (unpaired) electrons. The zero-order chi connectivity index (χ0) is 10.7. The molecule has 0 saturated carbocycles. The van der Waals surface area contributed by atoms with Gasteiger partial charge in [0.05, 0.1) is 5.60 Å². The summed E-state index contributed by atoms with van der Waals surface area (Å²) >= 11 is 0. The Morgan fingerprint density at radius 3 is 1.92 bits per heavy atom. The Bertz CT molecular complexity index is 194. The highest BCUT2D eigenvalue weighted by Gasteiger charge is 2.23. The van der Waals surface area contributed by atoms with E-state index in [4.69, 9.17) is 0 Å². The molecule has 0 unspecified atom stereocenters. The van der Waals surface area contributed by atoms with Crippen molar-refractivity contribution in [1.82, 2.24) is 0 Å². The minimum Gasteiger partial charge on any atom is -0.385 e. The molecule has 1 nitrogen and oxygen atoms in total. The lowest BCUT2D eigenvalue weighted by Gasteiger charge is -2.25. The molecule has 76 valence electrons. The molecular formula is C12H22O. The zero-order valence-corrected chi connectivity index (χ0v) is 9.46. The molecule has 0 bridgehead atoms. The van der Waals surface area contributed by atoms with Crippen LogP contribution >= 0.6 is 0 Å². The van der Waals surface area contributed by atoms with Crippen LogP contribution in [0.15, 0.2) is 24.8 Å². The lowest BCUT2D eigenvalue weighted by atomic mass is 9.87. The van der Waals surface area contributed by atoms with E-state index in [1.165, 1.54) is 0 Å². The fourth-order valence-electron chi connectivity index (χ4n) is 0.809. The molecule has 0 aliphatic heterocycles. The maximum absolute atomic E-state index is 9.99. The highest BCUT2D eigenvalue weighted by Crippen LogP contribution is 2.23. The third-order valence-corrected chi connectivity index (χ3v) is 2.20. The molecule has 0 aliphatic carbocycles. The molecule has 1 heteroatoms. The van der Waals surface area contributed by atoms with Crippen molar-refractivity contribution in [3.63, 3.8) is 0 Å². The van der Waals surface area contributed by atoms with Gasteiger partial charge in [-0.3, -0.25) is 0 Å². The number of hydrogen-bond donors (Lipinski definition) is 1. The summed E-state index contributed by atoms with van der Waals surface area (Å²) in [4.78, 5) is 0. The average molecular weight is 182 g/mol. The monoisotopic (exact) mass is 182 g/mol. The van der Waals surface area contributed by atoms with E-state index in [0.29, 0.717) is 0 Å². The largest absolute Gasteiger partial charge is 0.385 e. The molecule has 0 aliphatic rings. The first-order valence-corrected chi connectivity index (χ1v) is 4.74. The van der Waals surface area contributed by atoms with Crippen LogP contribution in [0.1, 0.15) is 34.6 Å². The molecule has 0 aromatic carbocycles. The van der Waals surface area contributed by atoms with Crippen molar-refractivity contribution in [3.05, 3.63) is 24.8 Å². The van der Waals surface area contributed by atoms with Gasteiger partial charge in [0, 0.05) is 5.92 Å². The Kier molecular flexibility index (Phi) is 3.92. The van der Waals surface area contributed by atoms with Crippen molar-refractivity contribution in [2.75, 3.05) is 0 Å². The van der Waals surface area contributed by atoms with E-state index in [2.05, 4.69) is 27.4 Å². The first-order valence-electron chi connectivity index (χ1n) is 4.74. The van der Waals surface area contributed by atoms with Gasteiger partial charge in [0.1, 0.15) is 0 Å². The maximum atomic E-state index is 9.99. The van der Waals surface area contributed by atoms with Crippen molar-refractivity contribution in [2.24, 2.45) is 11.3 Å². The van der Waals surface area contributed by atoms with Crippen molar-refractivity contribution in [3.8, 4) is 0 Å². The summed E-state index contributed by atoms with van der Waals surface area (Å²) in [6.07, 6.45) is 5.67. The first kappa shape index (κ1) is 12.4. The third kappa shape index (κ3) is 4.89. The lowest BCUT2D eigenvalue weighted by molar-refractivity contribution is 0.0736. The fourth-order valence-corrected chi connectivity index (χ4v) is 0.809. The minimum absolute atomic E-state index is 0.0751. The van der Waals surface area contributed by atoms with Gasteiger partial charge in [-0.2, -0.15) is 0 Å². The predicted molar refractivity (Wildman–Crippen MR) is 58.6 cm³/mol. The van der Waals surface area contributed by atoms with Crippen LogP contribution in [0.25, 0.3) is 0 Å². The molecule has 0 saturated heterocycles. The quantitative estimate of drug-likeness (QED) is 0.665. The average Bonchev–Trinajstić information content (AvgIpc) is 1.98. The molecule has 1 N–H and O–H groups in total. The molecule has 0 heterocycles. The van der Waals surface area contributed by atoms with E-state index in [-0.39, 0.29) is 11.3 Å². The van der Waals surface area contributed by atoms with E-state index >= 15 is 0 Å². The van der Waals surface area contributed by atoms with Crippen molar-refractivity contribution >= 4 is 0 Å². The van der Waals surface area contributed by atoms with Crippen LogP contribution in [0.2, 0.25) is 0 Å². The summed E-state index contributed by atoms with van der Waals surface area (Å²) in [5.41, 5.74) is -0.667. The zero-order valence-electron chi connectivity index (χ0n) is 9.46. The first-order chi connectivity index (χ1) is 5.69.